The standard InChI is InChI=1S/C13H28O2S/c1-5-7-8-10-13(3,4)16(15)11-12(14)9-6-2/h12,14H,5-11H2,1-4H3. The third kappa shape index (κ3) is 6.64. The first-order valence-electron chi connectivity index (χ1n) is 6.50. The van der Waals surface area contributed by atoms with Crippen LogP contribution in [0.25, 0.3) is 0 Å². The van der Waals surface area contributed by atoms with Gasteiger partial charge in [-0.25, -0.2) is 0 Å². The Balaban J connectivity index is 4.02. The first-order valence-corrected chi connectivity index (χ1v) is 7.82. The minimum absolute atomic E-state index is 0.149. The average molecular weight is 248 g/mol. The fourth-order valence-electron chi connectivity index (χ4n) is 1.73. The molecule has 0 heterocycles. The molecule has 0 fully saturated rings. The maximum Gasteiger partial charge on any atom is 0.0655 e. The summed E-state index contributed by atoms with van der Waals surface area (Å²) in [4.78, 5) is 0. The second-order valence-corrected chi connectivity index (χ2v) is 7.30. The fraction of sp³-hybridized carbons (Fsp3) is 1.00. The van der Waals surface area contributed by atoms with Crippen molar-refractivity contribution in [1.29, 1.82) is 0 Å². The monoisotopic (exact) mass is 248 g/mol. The number of unbranched alkanes of at least 4 members (excludes halogenated alkanes) is 2. The summed E-state index contributed by atoms with van der Waals surface area (Å²) >= 11 is 0. The van der Waals surface area contributed by atoms with Crippen LogP contribution in [0.4, 0.5) is 0 Å². The van der Waals surface area contributed by atoms with Crippen LogP contribution in [0.1, 0.15) is 66.2 Å². The maximum absolute atomic E-state index is 12.1. The van der Waals surface area contributed by atoms with E-state index in [0.717, 1.165) is 25.7 Å². The van der Waals surface area contributed by atoms with Crippen molar-refractivity contribution in [2.45, 2.75) is 77.1 Å². The van der Waals surface area contributed by atoms with Crippen LogP contribution in [0, 0.1) is 0 Å². The average Bonchev–Trinajstić information content (AvgIpc) is 2.18. The summed E-state index contributed by atoms with van der Waals surface area (Å²) in [6.07, 6.45) is 5.85. The summed E-state index contributed by atoms with van der Waals surface area (Å²) in [6, 6.07) is 0. The molecule has 0 rings (SSSR count). The summed E-state index contributed by atoms with van der Waals surface area (Å²) in [7, 11) is -0.915. The Bertz CT molecular complexity index is 202. The molecule has 0 aliphatic carbocycles. The van der Waals surface area contributed by atoms with E-state index in [1.54, 1.807) is 0 Å². The molecule has 0 aromatic heterocycles. The van der Waals surface area contributed by atoms with Crippen LogP contribution in [0.5, 0.6) is 0 Å². The van der Waals surface area contributed by atoms with Crippen molar-refractivity contribution in [3.63, 3.8) is 0 Å². The van der Waals surface area contributed by atoms with Crippen LogP contribution in [-0.4, -0.2) is 25.9 Å². The lowest BCUT2D eigenvalue weighted by atomic mass is 10.0. The van der Waals surface area contributed by atoms with Gasteiger partial charge in [-0.05, 0) is 26.7 Å². The Hall–Kier alpha value is 0.110. The van der Waals surface area contributed by atoms with Gasteiger partial charge in [-0.15, -0.1) is 0 Å². The Labute approximate surface area is 103 Å². The lowest BCUT2D eigenvalue weighted by Crippen LogP contribution is -2.32. The molecule has 1 N–H and O–H groups in total. The highest BCUT2D eigenvalue weighted by atomic mass is 32.2. The van der Waals surface area contributed by atoms with Gasteiger partial charge in [0.1, 0.15) is 0 Å². The van der Waals surface area contributed by atoms with Crippen LogP contribution in [0.2, 0.25) is 0 Å². The van der Waals surface area contributed by atoms with E-state index >= 15 is 0 Å². The molecule has 0 amide bonds. The van der Waals surface area contributed by atoms with E-state index in [4.69, 9.17) is 0 Å². The van der Waals surface area contributed by atoms with Crippen molar-refractivity contribution in [3.05, 3.63) is 0 Å². The van der Waals surface area contributed by atoms with E-state index in [-0.39, 0.29) is 4.75 Å². The molecule has 3 heteroatoms. The Morgan fingerprint density at radius 3 is 2.31 bits per heavy atom. The molecule has 0 spiro atoms. The zero-order valence-electron chi connectivity index (χ0n) is 11.3. The van der Waals surface area contributed by atoms with Crippen molar-refractivity contribution < 1.29 is 9.32 Å². The lowest BCUT2D eigenvalue weighted by molar-refractivity contribution is 0.186. The molecular weight excluding hydrogens is 220 g/mol. The minimum atomic E-state index is -0.915. The molecule has 0 aliphatic rings. The molecule has 0 aliphatic heterocycles. The predicted octanol–water partition coefficient (Wildman–Crippen LogP) is 3.26. The quantitative estimate of drug-likeness (QED) is 0.636. The van der Waals surface area contributed by atoms with Crippen molar-refractivity contribution in [2.75, 3.05) is 5.75 Å². The van der Waals surface area contributed by atoms with Crippen LogP contribution < -0.4 is 0 Å². The van der Waals surface area contributed by atoms with E-state index < -0.39 is 16.9 Å². The first-order chi connectivity index (χ1) is 7.44. The number of rotatable bonds is 9. The molecule has 2 nitrogen and oxygen atoms in total. The fourth-order valence-corrected chi connectivity index (χ4v) is 3.07. The normalized spacial score (nSPS) is 16.1. The molecule has 0 aromatic rings. The van der Waals surface area contributed by atoms with Gasteiger partial charge in [0.2, 0.25) is 0 Å². The zero-order valence-corrected chi connectivity index (χ0v) is 12.1. The van der Waals surface area contributed by atoms with E-state index in [0.29, 0.717) is 5.75 Å². The molecule has 0 saturated carbocycles. The Kier molecular flexibility index (Phi) is 8.29. The van der Waals surface area contributed by atoms with Gasteiger partial charge in [-0.2, -0.15) is 0 Å². The van der Waals surface area contributed by atoms with E-state index in [1.165, 1.54) is 12.8 Å². The number of hydrogen-bond donors (Lipinski definition) is 1. The third-order valence-corrected chi connectivity index (χ3v) is 5.09. The Morgan fingerprint density at radius 2 is 1.81 bits per heavy atom. The predicted molar refractivity (Wildman–Crippen MR) is 72.1 cm³/mol. The van der Waals surface area contributed by atoms with Crippen molar-refractivity contribution in [3.8, 4) is 0 Å². The highest BCUT2D eigenvalue weighted by Crippen LogP contribution is 2.22. The van der Waals surface area contributed by atoms with Gasteiger partial charge in [0, 0.05) is 15.5 Å². The third-order valence-electron chi connectivity index (χ3n) is 2.96. The summed E-state index contributed by atoms with van der Waals surface area (Å²) in [6.45, 7) is 8.32. The van der Waals surface area contributed by atoms with Gasteiger partial charge < -0.3 is 5.11 Å². The van der Waals surface area contributed by atoms with E-state index in [9.17, 15) is 9.32 Å². The summed E-state index contributed by atoms with van der Waals surface area (Å²) in [5.41, 5.74) is 0. The van der Waals surface area contributed by atoms with Gasteiger partial charge in [-0.3, -0.25) is 4.21 Å². The summed E-state index contributed by atoms with van der Waals surface area (Å²) in [5, 5.41) is 9.66. The molecule has 0 radical (unpaired) electrons. The van der Waals surface area contributed by atoms with Gasteiger partial charge in [0.25, 0.3) is 0 Å². The van der Waals surface area contributed by atoms with Crippen molar-refractivity contribution in [1.82, 2.24) is 0 Å². The van der Waals surface area contributed by atoms with Crippen LogP contribution in [0.15, 0.2) is 0 Å². The molecule has 0 aromatic carbocycles. The minimum Gasteiger partial charge on any atom is -0.392 e. The number of hydrogen-bond acceptors (Lipinski definition) is 2. The van der Waals surface area contributed by atoms with E-state index in [2.05, 4.69) is 20.8 Å². The zero-order chi connectivity index (χ0) is 12.6. The van der Waals surface area contributed by atoms with Gasteiger partial charge in [0.05, 0.1) is 11.9 Å². The Morgan fingerprint density at radius 1 is 1.19 bits per heavy atom. The highest BCUT2D eigenvalue weighted by Gasteiger charge is 2.26. The van der Waals surface area contributed by atoms with Crippen LogP contribution in [0.3, 0.4) is 0 Å². The molecule has 2 unspecified atom stereocenters. The summed E-state index contributed by atoms with van der Waals surface area (Å²) in [5.74, 6) is 0.437. The highest BCUT2D eigenvalue weighted by molar-refractivity contribution is 7.86. The number of aliphatic hydroxyl groups excluding tert-OH is 1. The SMILES string of the molecule is CCCCCC(C)(C)S(=O)CC(O)CCC. The molecule has 2 atom stereocenters. The van der Waals surface area contributed by atoms with Gasteiger partial charge >= 0.3 is 0 Å². The molecule has 0 bridgehead atoms. The maximum atomic E-state index is 12.1. The van der Waals surface area contributed by atoms with Gasteiger partial charge in [0.15, 0.2) is 0 Å². The number of aliphatic hydroxyl groups is 1. The second kappa shape index (κ2) is 8.24. The van der Waals surface area contributed by atoms with Crippen molar-refractivity contribution >= 4 is 10.8 Å². The lowest BCUT2D eigenvalue weighted by Gasteiger charge is -2.25. The molecular formula is C13H28O2S. The smallest absolute Gasteiger partial charge is 0.0655 e. The molecule has 98 valence electrons. The molecule has 0 saturated heterocycles. The topological polar surface area (TPSA) is 37.3 Å². The van der Waals surface area contributed by atoms with Crippen LogP contribution >= 0.6 is 0 Å². The van der Waals surface area contributed by atoms with E-state index in [1.807, 2.05) is 6.92 Å². The van der Waals surface area contributed by atoms with Gasteiger partial charge in [-0.1, -0.05) is 39.5 Å². The second-order valence-electron chi connectivity index (χ2n) is 5.17. The first kappa shape index (κ1) is 16.1. The summed E-state index contributed by atoms with van der Waals surface area (Å²) < 4.78 is 11.9. The largest absolute Gasteiger partial charge is 0.392 e. The van der Waals surface area contributed by atoms with Crippen molar-refractivity contribution in [2.24, 2.45) is 0 Å². The van der Waals surface area contributed by atoms with Crippen LogP contribution in [-0.2, 0) is 10.8 Å². The molecule has 16 heavy (non-hydrogen) atoms.